The molecule has 0 saturated carbocycles. The number of methoxy groups -OCH3 is 1. The van der Waals surface area contributed by atoms with Crippen molar-refractivity contribution in [1.29, 1.82) is 5.26 Å². The number of hydrogen-bond donors (Lipinski definition) is 3. The Morgan fingerprint density at radius 3 is 2.75 bits per heavy atom. The molecule has 1 rings (SSSR count). The highest BCUT2D eigenvalue weighted by Crippen LogP contribution is 2.14. The predicted molar refractivity (Wildman–Crippen MR) is 91.4 cm³/mol. The maximum absolute atomic E-state index is 12.0. The summed E-state index contributed by atoms with van der Waals surface area (Å²) in [4.78, 5) is 23.9. The molecule has 3 N–H and O–H groups in total. The molecule has 0 atom stereocenters. The molecular weight excluding hydrogens is 332 g/mol. The smallest absolute Gasteiger partial charge is 0.326 e. The molecule has 3 amide bonds. The number of nitrogens with zero attached hydrogens (tertiary/aromatic N) is 1. The summed E-state index contributed by atoms with van der Waals surface area (Å²) in [5.41, 5.74) is 0.667. The largest absolute Gasteiger partial charge is 0.387 e. The number of hydrogen-bond acceptors (Lipinski definition) is 5. The second kappa shape index (κ2) is 10.3. The summed E-state index contributed by atoms with van der Waals surface area (Å²) in [5, 5.41) is 17.1. The fourth-order valence-electron chi connectivity index (χ4n) is 1.78. The molecule has 1 aromatic carbocycles. The third kappa shape index (κ3) is 6.69. The van der Waals surface area contributed by atoms with Crippen molar-refractivity contribution in [2.24, 2.45) is 0 Å². The number of amides is 3. The second-order valence-electron chi connectivity index (χ2n) is 4.80. The van der Waals surface area contributed by atoms with Crippen LogP contribution in [0.25, 0.3) is 0 Å². The summed E-state index contributed by atoms with van der Waals surface area (Å²) >= 11 is 5.81. The number of anilines is 1. The number of nitriles is 1. The first kappa shape index (κ1) is 19.5. The zero-order valence-corrected chi connectivity index (χ0v) is 14.2. The molecule has 7 nitrogen and oxygen atoms in total. The summed E-state index contributed by atoms with van der Waals surface area (Å²) in [6, 6.07) is 7.53. The number of imide groups is 1. The van der Waals surface area contributed by atoms with E-state index in [2.05, 4.69) is 16.0 Å². The van der Waals surface area contributed by atoms with Crippen molar-refractivity contribution in [1.82, 2.24) is 10.6 Å². The van der Waals surface area contributed by atoms with E-state index >= 15 is 0 Å². The van der Waals surface area contributed by atoms with Crippen molar-refractivity contribution in [2.75, 3.05) is 25.6 Å². The molecule has 0 bridgehead atoms. The highest BCUT2D eigenvalue weighted by molar-refractivity contribution is 6.30. The van der Waals surface area contributed by atoms with Gasteiger partial charge in [-0.1, -0.05) is 17.7 Å². The van der Waals surface area contributed by atoms with Gasteiger partial charge in [-0.25, -0.2) is 4.79 Å². The molecule has 0 aliphatic heterocycles. The van der Waals surface area contributed by atoms with E-state index in [-0.39, 0.29) is 5.57 Å². The van der Waals surface area contributed by atoms with Crippen molar-refractivity contribution >= 4 is 29.2 Å². The number of nitrogens with one attached hydrogen (secondary N) is 3. The molecule has 0 aliphatic carbocycles. The maximum Gasteiger partial charge on any atom is 0.326 e. The fraction of sp³-hybridized carbons (Fsp3) is 0.312. The molecule has 0 aromatic heterocycles. The summed E-state index contributed by atoms with van der Waals surface area (Å²) in [5.74, 6) is -0.784. The standard InChI is InChI=1S/C16H19ClN4O3/c1-11(19-7-4-8-24-2)14(10-18)15(22)21-16(23)20-13-6-3-5-12(17)9-13/h3,5-6,9,19H,4,7-8H2,1-2H3,(H2,20,21,22,23)/b14-11-. The third-order valence-electron chi connectivity index (χ3n) is 2.94. The highest BCUT2D eigenvalue weighted by Gasteiger charge is 2.16. The van der Waals surface area contributed by atoms with Crippen LogP contribution in [0.5, 0.6) is 0 Å². The second-order valence-corrected chi connectivity index (χ2v) is 5.24. The van der Waals surface area contributed by atoms with Gasteiger partial charge in [0, 0.05) is 36.7 Å². The van der Waals surface area contributed by atoms with Gasteiger partial charge in [0.25, 0.3) is 5.91 Å². The Balaban J connectivity index is 2.62. The van der Waals surface area contributed by atoms with Gasteiger partial charge < -0.3 is 15.4 Å². The van der Waals surface area contributed by atoms with E-state index < -0.39 is 11.9 Å². The molecular formula is C16H19ClN4O3. The lowest BCUT2D eigenvalue weighted by atomic mass is 10.2. The van der Waals surface area contributed by atoms with Gasteiger partial charge in [0.15, 0.2) is 0 Å². The van der Waals surface area contributed by atoms with E-state index in [0.717, 1.165) is 6.42 Å². The zero-order chi connectivity index (χ0) is 17.9. The minimum atomic E-state index is -0.784. The third-order valence-corrected chi connectivity index (χ3v) is 3.17. The van der Waals surface area contributed by atoms with Crippen molar-refractivity contribution in [3.63, 3.8) is 0 Å². The lowest BCUT2D eigenvalue weighted by molar-refractivity contribution is -0.116. The molecule has 0 saturated heterocycles. The lowest BCUT2D eigenvalue weighted by Crippen LogP contribution is -2.36. The molecule has 0 fully saturated rings. The summed E-state index contributed by atoms with van der Waals surface area (Å²) in [6.45, 7) is 2.71. The minimum absolute atomic E-state index is 0.159. The molecule has 1 aromatic rings. The number of halogens is 1. The lowest BCUT2D eigenvalue weighted by Gasteiger charge is -2.10. The number of allylic oxidation sites excluding steroid dienone is 1. The van der Waals surface area contributed by atoms with Gasteiger partial charge in [-0.05, 0) is 31.5 Å². The first-order valence-corrected chi connectivity index (χ1v) is 7.57. The first-order valence-electron chi connectivity index (χ1n) is 7.19. The molecule has 128 valence electrons. The molecule has 0 heterocycles. The van der Waals surface area contributed by atoms with Gasteiger partial charge in [-0.15, -0.1) is 0 Å². The topological polar surface area (TPSA) is 103 Å². The molecule has 0 radical (unpaired) electrons. The number of urea groups is 1. The Morgan fingerprint density at radius 2 is 2.12 bits per heavy atom. The van der Waals surface area contributed by atoms with Crippen molar-refractivity contribution in [3.8, 4) is 6.07 Å². The summed E-state index contributed by atoms with van der Waals surface area (Å²) in [7, 11) is 1.59. The average Bonchev–Trinajstić information content (AvgIpc) is 2.52. The zero-order valence-electron chi connectivity index (χ0n) is 13.5. The molecule has 8 heteroatoms. The van der Waals surface area contributed by atoms with Gasteiger partial charge in [0.2, 0.25) is 0 Å². The predicted octanol–water partition coefficient (Wildman–Crippen LogP) is 2.41. The van der Waals surface area contributed by atoms with Crippen LogP contribution in [0.3, 0.4) is 0 Å². The number of carbonyl (C=O) groups excluding carboxylic acids is 2. The van der Waals surface area contributed by atoms with Crippen molar-refractivity contribution in [2.45, 2.75) is 13.3 Å². The minimum Gasteiger partial charge on any atom is -0.387 e. The van der Waals surface area contributed by atoms with Crippen LogP contribution in [0.1, 0.15) is 13.3 Å². The Labute approximate surface area is 145 Å². The number of rotatable bonds is 7. The molecule has 24 heavy (non-hydrogen) atoms. The Hall–Kier alpha value is -2.56. The van der Waals surface area contributed by atoms with E-state index in [0.29, 0.717) is 29.6 Å². The number of ether oxygens (including phenoxy) is 1. The monoisotopic (exact) mass is 350 g/mol. The van der Waals surface area contributed by atoms with Gasteiger partial charge >= 0.3 is 6.03 Å². The summed E-state index contributed by atoms with van der Waals surface area (Å²) < 4.78 is 4.91. The van der Waals surface area contributed by atoms with Crippen LogP contribution in [0.4, 0.5) is 10.5 Å². The fourth-order valence-corrected chi connectivity index (χ4v) is 1.97. The van der Waals surface area contributed by atoms with Crippen LogP contribution < -0.4 is 16.0 Å². The maximum atomic E-state index is 12.0. The van der Waals surface area contributed by atoms with E-state index in [1.165, 1.54) is 6.07 Å². The molecule has 0 aliphatic rings. The quantitative estimate of drug-likeness (QED) is 0.398. The van der Waals surface area contributed by atoms with Crippen LogP contribution in [0.2, 0.25) is 5.02 Å². The Kier molecular flexibility index (Phi) is 8.33. The van der Waals surface area contributed by atoms with Crippen LogP contribution in [0.15, 0.2) is 35.5 Å². The number of carbonyl (C=O) groups is 2. The molecule has 0 spiro atoms. The highest BCUT2D eigenvalue weighted by atomic mass is 35.5. The average molecular weight is 351 g/mol. The van der Waals surface area contributed by atoms with E-state index in [1.54, 1.807) is 38.3 Å². The van der Waals surface area contributed by atoms with Gasteiger partial charge in [0.05, 0.1) is 0 Å². The Morgan fingerprint density at radius 1 is 1.38 bits per heavy atom. The normalized spacial score (nSPS) is 11.1. The molecule has 0 unspecified atom stereocenters. The number of benzene rings is 1. The van der Waals surface area contributed by atoms with Crippen LogP contribution in [0, 0.1) is 11.3 Å². The van der Waals surface area contributed by atoms with E-state index in [9.17, 15) is 9.59 Å². The van der Waals surface area contributed by atoms with E-state index in [1.807, 2.05) is 0 Å². The Bertz CT molecular complexity index is 668. The van der Waals surface area contributed by atoms with Gasteiger partial charge in [0.1, 0.15) is 11.6 Å². The van der Waals surface area contributed by atoms with Crippen molar-refractivity contribution in [3.05, 3.63) is 40.6 Å². The first-order chi connectivity index (χ1) is 11.5. The summed E-state index contributed by atoms with van der Waals surface area (Å²) in [6.07, 6.45) is 0.726. The van der Waals surface area contributed by atoms with Gasteiger partial charge in [-0.2, -0.15) is 5.26 Å². The van der Waals surface area contributed by atoms with Crippen molar-refractivity contribution < 1.29 is 14.3 Å². The van der Waals surface area contributed by atoms with Crippen LogP contribution in [-0.4, -0.2) is 32.2 Å². The van der Waals surface area contributed by atoms with Gasteiger partial charge in [-0.3, -0.25) is 10.1 Å². The van der Waals surface area contributed by atoms with Crippen LogP contribution in [-0.2, 0) is 9.53 Å². The van der Waals surface area contributed by atoms with Crippen LogP contribution >= 0.6 is 11.6 Å². The van der Waals surface area contributed by atoms with E-state index in [4.69, 9.17) is 21.6 Å². The SMILES string of the molecule is COCCCN/C(C)=C(/C#N)C(=O)NC(=O)Nc1cccc(Cl)c1.